The number of carbonyl (C=O) groups excluding carboxylic acids is 2. The van der Waals surface area contributed by atoms with Gasteiger partial charge in [0.15, 0.2) is 0 Å². The van der Waals surface area contributed by atoms with E-state index >= 15 is 0 Å². The maximum Gasteiger partial charge on any atom is 0.327 e. The number of anilines is 2. The van der Waals surface area contributed by atoms with E-state index < -0.39 is 11.3 Å². The molecule has 0 radical (unpaired) electrons. The molecule has 3 atom stereocenters. The first-order valence-corrected chi connectivity index (χ1v) is 14.1. The van der Waals surface area contributed by atoms with Crippen molar-refractivity contribution in [3.63, 3.8) is 0 Å². The summed E-state index contributed by atoms with van der Waals surface area (Å²) >= 11 is 1.44. The molecule has 1 aromatic heterocycles. The maximum atomic E-state index is 13.5. The lowest BCUT2D eigenvalue weighted by Gasteiger charge is -2.35. The van der Waals surface area contributed by atoms with E-state index in [4.69, 9.17) is 4.74 Å². The summed E-state index contributed by atoms with van der Waals surface area (Å²) < 4.78 is 5.98. The molecule has 194 valence electrons. The zero-order valence-corrected chi connectivity index (χ0v) is 21.9. The second-order valence-corrected chi connectivity index (χ2v) is 11.6. The van der Waals surface area contributed by atoms with Crippen LogP contribution in [-0.2, 0) is 4.79 Å². The van der Waals surface area contributed by atoms with E-state index in [1.54, 1.807) is 11.1 Å². The van der Waals surface area contributed by atoms with Crippen LogP contribution in [0.2, 0.25) is 0 Å². The smallest absolute Gasteiger partial charge is 0.327 e. The third kappa shape index (κ3) is 4.19. The molecule has 3 aromatic rings. The molecule has 3 aliphatic heterocycles. The molecule has 7 rings (SSSR count). The molecule has 1 saturated heterocycles. The molecule has 38 heavy (non-hydrogen) atoms. The van der Waals surface area contributed by atoms with Gasteiger partial charge < -0.3 is 15.4 Å². The van der Waals surface area contributed by atoms with Crippen LogP contribution in [0.15, 0.2) is 65.8 Å². The number of carbonyl (C=O) groups is 2. The number of para-hydroxylation sites is 1. The van der Waals surface area contributed by atoms with Gasteiger partial charge in [-0.15, -0.1) is 0 Å². The number of aryl methyl sites for hydroxylation is 1. The van der Waals surface area contributed by atoms with E-state index in [9.17, 15) is 9.59 Å². The van der Waals surface area contributed by atoms with E-state index in [-0.39, 0.29) is 18.0 Å². The molecule has 2 N–H and O–H groups in total. The quantitative estimate of drug-likeness (QED) is 0.474. The Morgan fingerprint density at radius 2 is 1.92 bits per heavy atom. The highest BCUT2D eigenvalue weighted by atomic mass is 32.2. The molecule has 0 bridgehead atoms. The number of urea groups is 1. The fourth-order valence-electron chi connectivity index (χ4n) is 5.79. The summed E-state index contributed by atoms with van der Waals surface area (Å²) in [4.78, 5) is 35.7. The number of nitrogens with zero attached hydrogens (tertiary/aromatic N) is 3. The van der Waals surface area contributed by atoms with E-state index in [0.29, 0.717) is 11.8 Å². The van der Waals surface area contributed by atoms with Crippen molar-refractivity contribution in [2.75, 3.05) is 18.0 Å². The number of likely N-dealkylation sites (tertiary alicyclic amines) is 1. The number of thioether (sulfide) groups is 1. The lowest BCUT2D eigenvalue weighted by atomic mass is 9.99. The van der Waals surface area contributed by atoms with Gasteiger partial charge in [-0.25, -0.2) is 9.78 Å². The molecule has 1 saturated carbocycles. The van der Waals surface area contributed by atoms with Crippen molar-refractivity contribution in [2.24, 2.45) is 0 Å². The van der Waals surface area contributed by atoms with Crippen molar-refractivity contribution in [1.82, 2.24) is 20.5 Å². The number of hydrogen-bond acceptors (Lipinski definition) is 6. The first-order valence-electron chi connectivity index (χ1n) is 13.2. The predicted octanol–water partition coefficient (Wildman–Crippen LogP) is 4.91. The first kappa shape index (κ1) is 23.5. The number of ether oxygens (including phenoxy) is 1. The van der Waals surface area contributed by atoms with Crippen molar-refractivity contribution < 1.29 is 14.3 Å². The summed E-state index contributed by atoms with van der Waals surface area (Å²) in [6, 6.07) is 17.4. The van der Waals surface area contributed by atoms with Crippen molar-refractivity contribution in [2.45, 2.75) is 54.6 Å². The highest BCUT2D eigenvalue weighted by molar-refractivity contribution is 8.01. The monoisotopic (exact) mass is 527 g/mol. The molecule has 9 heteroatoms. The first-order chi connectivity index (χ1) is 18.5. The maximum absolute atomic E-state index is 13.5. The fraction of sp³-hybridized carbons (Fsp3) is 0.345. The molecule has 3 amide bonds. The van der Waals surface area contributed by atoms with Gasteiger partial charge in [-0.05, 0) is 68.1 Å². The second-order valence-electron chi connectivity index (χ2n) is 10.4. The molecule has 2 aromatic carbocycles. The standard InChI is InChI=1S/C29H29N5O3S/c1-17-15-21(37-20-5-3-2-4-6-20)9-10-22(17)34-23-11-13-30-28-24(23)25(32-29(34)36)26(38-28)27(35)31-18-12-14-33(16-18)19-7-8-19/h2-6,9-11,13,15,18-19,25-26H,7-8,12,14,16H2,1H3,(H,31,35)(H,32,36)/t18?,25?,26-/m1/s1. The lowest BCUT2D eigenvalue weighted by Crippen LogP contribution is -2.50. The molecule has 2 fully saturated rings. The fourth-order valence-corrected chi connectivity index (χ4v) is 7.03. The number of amides is 3. The van der Waals surface area contributed by atoms with Crippen LogP contribution in [0.1, 0.15) is 36.4 Å². The highest BCUT2D eigenvalue weighted by Gasteiger charge is 2.47. The van der Waals surface area contributed by atoms with Crippen LogP contribution in [0.25, 0.3) is 0 Å². The topological polar surface area (TPSA) is 86.8 Å². The Bertz CT molecular complexity index is 1410. The predicted molar refractivity (Wildman–Crippen MR) is 146 cm³/mol. The minimum Gasteiger partial charge on any atom is -0.457 e. The zero-order valence-electron chi connectivity index (χ0n) is 21.1. The molecule has 4 heterocycles. The van der Waals surface area contributed by atoms with Gasteiger partial charge in [0.2, 0.25) is 5.91 Å². The number of aromatic nitrogens is 1. The summed E-state index contributed by atoms with van der Waals surface area (Å²) in [5.74, 6) is 1.43. The van der Waals surface area contributed by atoms with Gasteiger partial charge in [0.1, 0.15) is 21.8 Å². The lowest BCUT2D eigenvalue weighted by molar-refractivity contribution is -0.121. The Hall–Kier alpha value is -3.56. The third-order valence-corrected chi connectivity index (χ3v) is 9.07. The number of hydrogen-bond donors (Lipinski definition) is 2. The number of pyridine rings is 1. The molecule has 0 spiro atoms. The van der Waals surface area contributed by atoms with Crippen LogP contribution in [0, 0.1) is 6.92 Å². The number of benzene rings is 2. The highest BCUT2D eigenvalue weighted by Crippen LogP contribution is 2.51. The summed E-state index contributed by atoms with van der Waals surface area (Å²) in [6.45, 7) is 3.92. The SMILES string of the molecule is Cc1cc(Oc2ccccc2)ccc1N1C(=O)NC2c3c1ccnc3S[C@H]2C(=O)NC1CCN(C2CC2)C1. The Balaban J connectivity index is 1.13. The summed E-state index contributed by atoms with van der Waals surface area (Å²) in [5, 5.41) is 6.74. The average Bonchev–Trinajstić information content (AvgIpc) is 3.55. The number of nitrogens with one attached hydrogen (secondary N) is 2. The Morgan fingerprint density at radius 1 is 1.08 bits per heavy atom. The molecule has 2 unspecified atom stereocenters. The Labute approximate surface area is 225 Å². The average molecular weight is 528 g/mol. The van der Waals surface area contributed by atoms with Gasteiger partial charge in [-0.2, -0.15) is 0 Å². The largest absolute Gasteiger partial charge is 0.457 e. The molecule has 1 aliphatic carbocycles. The van der Waals surface area contributed by atoms with Gasteiger partial charge in [0.25, 0.3) is 0 Å². The van der Waals surface area contributed by atoms with Crippen LogP contribution in [0.5, 0.6) is 11.5 Å². The van der Waals surface area contributed by atoms with Crippen LogP contribution in [0.4, 0.5) is 16.2 Å². The molecular weight excluding hydrogens is 498 g/mol. The minimum absolute atomic E-state index is 0.0288. The van der Waals surface area contributed by atoms with Crippen molar-refractivity contribution in [3.8, 4) is 11.5 Å². The van der Waals surface area contributed by atoms with Crippen LogP contribution in [-0.4, -0.2) is 52.2 Å². The molecular formula is C29H29N5O3S. The van der Waals surface area contributed by atoms with Gasteiger partial charge in [-0.1, -0.05) is 30.0 Å². The normalized spacial score (nSPS) is 24.2. The van der Waals surface area contributed by atoms with Gasteiger partial charge in [0.05, 0.1) is 17.4 Å². The van der Waals surface area contributed by atoms with Gasteiger partial charge in [-0.3, -0.25) is 14.6 Å². The third-order valence-electron chi connectivity index (χ3n) is 7.78. The van der Waals surface area contributed by atoms with E-state index in [2.05, 4.69) is 20.5 Å². The zero-order chi connectivity index (χ0) is 25.8. The second kappa shape index (κ2) is 9.32. The van der Waals surface area contributed by atoms with Gasteiger partial charge >= 0.3 is 6.03 Å². The van der Waals surface area contributed by atoms with Crippen molar-refractivity contribution in [3.05, 3.63) is 71.9 Å². The van der Waals surface area contributed by atoms with Crippen LogP contribution in [0.3, 0.4) is 0 Å². The molecule has 8 nitrogen and oxygen atoms in total. The van der Waals surface area contributed by atoms with E-state index in [0.717, 1.165) is 52.8 Å². The summed E-state index contributed by atoms with van der Waals surface area (Å²) in [7, 11) is 0. The van der Waals surface area contributed by atoms with Crippen molar-refractivity contribution in [1.29, 1.82) is 0 Å². The van der Waals surface area contributed by atoms with Crippen LogP contribution >= 0.6 is 11.8 Å². The van der Waals surface area contributed by atoms with Crippen molar-refractivity contribution >= 4 is 35.1 Å². The summed E-state index contributed by atoms with van der Waals surface area (Å²) in [5.41, 5.74) is 3.34. The summed E-state index contributed by atoms with van der Waals surface area (Å²) in [6.07, 6.45) is 5.24. The van der Waals surface area contributed by atoms with E-state index in [1.165, 1.54) is 24.6 Å². The molecule has 4 aliphatic rings. The Kier molecular flexibility index (Phi) is 5.78. The number of rotatable bonds is 6. The Morgan fingerprint density at radius 3 is 2.71 bits per heavy atom. The van der Waals surface area contributed by atoms with Crippen LogP contribution < -0.4 is 20.3 Å². The van der Waals surface area contributed by atoms with E-state index in [1.807, 2.05) is 61.5 Å². The van der Waals surface area contributed by atoms with Gasteiger partial charge in [0, 0.05) is 36.9 Å². The minimum atomic E-state index is -0.442.